The standard InChI is InChI=1S/C13H20N2O4S/c1-3-9-7-10(13(17)19-4-2)12(20-9)15-11(16)8-18-6-5-14/h7H,3-6,8,14H2,1-2H3,(H,15,16). The Morgan fingerprint density at radius 1 is 1.40 bits per heavy atom. The van der Waals surface area contributed by atoms with Crippen LogP contribution in [0.3, 0.4) is 0 Å². The summed E-state index contributed by atoms with van der Waals surface area (Å²) >= 11 is 1.37. The number of rotatable bonds is 8. The van der Waals surface area contributed by atoms with Crippen LogP contribution in [0, 0.1) is 0 Å². The molecule has 0 saturated heterocycles. The molecule has 0 aliphatic heterocycles. The average molecular weight is 300 g/mol. The zero-order chi connectivity index (χ0) is 15.0. The molecule has 0 bridgehead atoms. The molecule has 0 spiro atoms. The summed E-state index contributed by atoms with van der Waals surface area (Å²) < 4.78 is 10.0. The van der Waals surface area contributed by atoms with Gasteiger partial charge in [-0.1, -0.05) is 6.92 Å². The van der Waals surface area contributed by atoms with Crippen molar-refractivity contribution in [1.29, 1.82) is 0 Å². The Morgan fingerprint density at radius 3 is 2.75 bits per heavy atom. The van der Waals surface area contributed by atoms with Crippen LogP contribution in [0.1, 0.15) is 29.1 Å². The van der Waals surface area contributed by atoms with E-state index in [0.29, 0.717) is 30.3 Å². The number of hydrogen-bond acceptors (Lipinski definition) is 6. The molecule has 1 amide bonds. The van der Waals surface area contributed by atoms with Crippen LogP contribution in [-0.2, 0) is 20.7 Å². The number of nitrogens with two attached hydrogens (primary N) is 1. The van der Waals surface area contributed by atoms with Gasteiger partial charge in [-0.2, -0.15) is 0 Å². The Hall–Kier alpha value is -1.44. The number of carbonyl (C=O) groups excluding carboxylic acids is 2. The highest BCUT2D eigenvalue weighted by atomic mass is 32.1. The summed E-state index contributed by atoms with van der Waals surface area (Å²) in [5.41, 5.74) is 5.66. The summed E-state index contributed by atoms with van der Waals surface area (Å²) in [6.07, 6.45) is 0.788. The van der Waals surface area contributed by atoms with Gasteiger partial charge in [0.25, 0.3) is 5.91 Å². The number of nitrogens with one attached hydrogen (secondary N) is 1. The van der Waals surface area contributed by atoms with Crippen molar-refractivity contribution in [3.05, 3.63) is 16.5 Å². The first kappa shape index (κ1) is 16.6. The number of thiophene rings is 1. The minimum atomic E-state index is -0.429. The zero-order valence-electron chi connectivity index (χ0n) is 11.7. The molecule has 3 N–H and O–H groups in total. The first-order chi connectivity index (χ1) is 9.62. The maximum atomic E-state index is 11.8. The van der Waals surface area contributed by atoms with Crippen molar-refractivity contribution in [3.8, 4) is 0 Å². The first-order valence-electron chi connectivity index (χ1n) is 6.49. The zero-order valence-corrected chi connectivity index (χ0v) is 12.5. The number of hydrogen-bond donors (Lipinski definition) is 2. The molecule has 0 aliphatic rings. The summed E-state index contributed by atoms with van der Waals surface area (Å²) in [7, 11) is 0. The van der Waals surface area contributed by atoms with E-state index in [9.17, 15) is 9.59 Å². The Labute approximate surface area is 122 Å². The van der Waals surface area contributed by atoms with Gasteiger partial charge in [-0.15, -0.1) is 11.3 Å². The minimum Gasteiger partial charge on any atom is -0.462 e. The van der Waals surface area contributed by atoms with Crippen LogP contribution < -0.4 is 11.1 Å². The summed E-state index contributed by atoms with van der Waals surface area (Å²) in [6, 6.07) is 1.75. The van der Waals surface area contributed by atoms with Crippen molar-refractivity contribution < 1.29 is 19.1 Å². The molecule has 0 aliphatic carbocycles. The Kier molecular flexibility index (Phi) is 7.21. The van der Waals surface area contributed by atoms with Gasteiger partial charge in [-0.25, -0.2) is 4.79 Å². The lowest BCUT2D eigenvalue weighted by molar-refractivity contribution is -0.120. The Morgan fingerprint density at radius 2 is 2.15 bits per heavy atom. The molecule has 1 heterocycles. The second kappa shape index (κ2) is 8.68. The molecule has 20 heavy (non-hydrogen) atoms. The number of esters is 1. The van der Waals surface area contributed by atoms with E-state index >= 15 is 0 Å². The molecule has 1 rings (SSSR count). The molecule has 0 unspecified atom stereocenters. The fraction of sp³-hybridized carbons (Fsp3) is 0.538. The lowest BCUT2D eigenvalue weighted by Gasteiger charge is -2.06. The molecular weight excluding hydrogens is 280 g/mol. The van der Waals surface area contributed by atoms with Crippen LogP contribution in [0.15, 0.2) is 6.07 Å². The summed E-state index contributed by atoms with van der Waals surface area (Å²) in [5.74, 6) is -0.741. The third-order valence-corrected chi connectivity index (χ3v) is 3.57. The van der Waals surface area contributed by atoms with Gasteiger partial charge in [0, 0.05) is 11.4 Å². The van der Waals surface area contributed by atoms with Crippen molar-refractivity contribution in [2.45, 2.75) is 20.3 Å². The van der Waals surface area contributed by atoms with E-state index in [-0.39, 0.29) is 12.5 Å². The maximum Gasteiger partial charge on any atom is 0.341 e. The number of anilines is 1. The molecular formula is C13H20N2O4S. The van der Waals surface area contributed by atoms with E-state index in [1.165, 1.54) is 11.3 Å². The van der Waals surface area contributed by atoms with E-state index in [2.05, 4.69) is 5.32 Å². The van der Waals surface area contributed by atoms with Gasteiger partial charge in [0.2, 0.25) is 0 Å². The number of amides is 1. The van der Waals surface area contributed by atoms with Crippen molar-refractivity contribution in [1.82, 2.24) is 0 Å². The number of carbonyl (C=O) groups is 2. The SMILES string of the molecule is CCOC(=O)c1cc(CC)sc1NC(=O)COCCN. The van der Waals surface area contributed by atoms with Gasteiger partial charge >= 0.3 is 5.97 Å². The molecule has 7 heteroatoms. The predicted molar refractivity (Wildman–Crippen MR) is 78.2 cm³/mol. The molecule has 112 valence electrons. The third-order valence-electron chi connectivity index (χ3n) is 2.38. The van der Waals surface area contributed by atoms with E-state index in [0.717, 1.165) is 11.3 Å². The van der Waals surface area contributed by atoms with Gasteiger partial charge in [0.15, 0.2) is 0 Å². The fourth-order valence-electron chi connectivity index (χ4n) is 1.48. The molecule has 0 atom stereocenters. The van der Waals surface area contributed by atoms with E-state index in [1.807, 2.05) is 6.92 Å². The second-order valence-corrected chi connectivity index (χ2v) is 5.06. The number of aryl methyl sites for hydroxylation is 1. The quantitative estimate of drug-likeness (QED) is 0.559. The van der Waals surface area contributed by atoms with Gasteiger partial charge in [0.05, 0.1) is 18.8 Å². The minimum absolute atomic E-state index is 0.0845. The molecule has 1 aromatic rings. The van der Waals surface area contributed by atoms with Crippen molar-refractivity contribution in [3.63, 3.8) is 0 Å². The average Bonchev–Trinajstić information content (AvgIpc) is 2.82. The second-order valence-electron chi connectivity index (χ2n) is 3.92. The van der Waals surface area contributed by atoms with Crippen molar-refractivity contribution >= 4 is 28.2 Å². The van der Waals surface area contributed by atoms with E-state index < -0.39 is 5.97 Å². The topological polar surface area (TPSA) is 90.6 Å². The molecule has 6 nitrogen and oxygen atoms in total. The largest absolute Gasteiger partial charge is 0.462 e. The van der Waals surface area contributed by atoms with Crippen LogP contribution in [0.2, 0.25) is 0 Å². The highest BCUT2D eigenvalue weighted by Crippen LogP contribution is 2.29. The van der Waals surface area contributed by atoms with Crippen LogP contribution >= 0.6 is 11.3 Å². The lowest BCUT2D eigenvalue weighted by Crippen LogP contribution is -2.21. The highest BCUT2D eigenvalue weighted by molar-refractivity contribution is 7.16. The summed E-state index contributed by atoms with van der Waals surface area (Å²) in [4.78, 5) is 24.5. The first-order valence-corrected chi connectivity index (χ1v) is 7.31. The monoisotopic (exact) mass is 300 g/mol. The Bertz CT molecular complexity index is 459. The smallest absolute Gasteiger partial charge is 0.341 e. The van der Waals surface area contributed by atoms with Crippen molar-refractivity contribution in [2.75, 3.05) is 31.7 Å². The van der Waals surface area contributed by atoms with Crippen molar-refractivity contribution in [2.24, 2.45) is 5.73 Å². The summed E-state index contributed by atoms with van der Waals surface area (Å²) in [6.45, 7) is 4.62. The lowest BCUT2D eigenvalue weighted by atomic mass is 10.2. The van der Waals surface area contributed by atoms with Gasteiger partial charge < -0.3 is 20.5 Å². The predicted octanol–water partition coefficient (Wildman–Crippen LogP) is 1.40. The van der Waals surface area contributed by atoms with E-state index in [1.54, 1.807) is 13.0 Å². The van der Waals surface area contributed by atoms with Crippen LogP contribution in [0.25, 0.3) is 0 Å². The Balaban J connectivity index is 2.74. The number of ether oxygens (including phenoxy) is 2. The molecule has 0 radical (unpaired) electrons. The molecule has 1 aromatic heterocycles. The molecule has 0 aromatic carbocycles. The third kappa shape index (κ3) is 4.92. The van der Waals surface area contributed by atoms with Gasteiger partial charge in [0.1, 0.15) is 11.6 Å². The van der Waals surface area contributed by atoms with Gasteiger partial charge in [-0.05, 0) is 19.4 Å². The van der Waals surface area contributed by atoms with E-state index in [4.69, 9.17) is 15.2 Å². The van der Waals surface area contributed by atoms with Gasteiger partial charge in [-0.3, -0.25) is 4.79 Å². The van der Waals surface area contributed by atoms with Crippen LogP contribution in [0.4, 0.5) is 5.00 Å². The molecule has 0 fully saturated rings. The fourth-order valence-corrected chi connectivity index (χ4v) is 2.48. The molecule has 0 saturated carbocycles. The maximum absolute atomic E-state index is 11.8. The van der Waals surface area contributed by atoms with Crippen LogP contribution in [-0.4, -0.2) is 38.2 Å². The van der Waals surface area contributed by atoms with Crippen LogP contribution in [0.5, 0.6) is 0 Å². The summed E-state index contributed by atoms with van der Waals surface area (Å²) in [5, 5.41) is 3.18. The normalized spacial score (nSPS) is 10.3. The highest BCUT2D eigenvalue weighted by Gasteiger charge is 2.18.